The molecule has 0 radical (unpaired) electrons. The summed E-state index contributed by atoms with van der Waals surface area (Å²) < 4.78 is 1.73. The minimum Gasteiger partial charge on any atom is -0.404 e. The van der Waals surface area contributed by atoms with Crippen LogP contribution in [0.25, 0.3) is 0 Å². The molecule has 0 saturated heterocycles. The Labute approximate surface area is 112 Å². The van der Waals surface area contributed by atoms with Gasteiger partial charge in [0.05, 0.1) is 17.6 Å². The number of aromatic nitrogens is 2. The van der Waals surface area contributed by atoms with Crippen molar-refractivity contribution in [3.05, 3.63) is 60.1 Å². The molecule has 0 bridgehead atoms. The molecule has 0 saturated carbocycles. The van der Waals surface area contributed by atoms with Gasteiger partial charge in [0.1, 0.15) is 0 Å². The number of hydrazone groups is 1. The van der Waals surface area contributed by atoms with E-state index in [1.54, 1.807) is 17.1 Å². The summed E-state index contributed by atoms with van der Waals surface area (Å²) in [6.45, 7) is 1.92. The van der Waals surface area contributed by atoms with E-state index in [0.717, 1.165) is 22.5 Å². The molecule has 19 heavy (non-hydrogen) atoms. The van der Waals surface area contributed by atoms with Gasteiger partial charge >= 0.3 is 0 Å². The molecule has 2 rings (SSSR count). The number of benzene rings is 1. The molecule has 98 valence electrons. The maximum absolute atomic E-state index is 5.59. The fourth-order valence-corrected chi connectivity index (χ4v) is 1.64. The van der Waals surface area contributed by atoms with Crippen molar-refractivity contribution >= 4 is 11.4 Å². The molecule has 0 spiro atoms. The molecular formula is C14H17N5. The number of aryl methyl sites for hydroxylation is 1. The zero-order chi connectivity index (χ0) is 13.7. The second-order valence-electron chi connectivity index (χ2n) is 4.19. The third-order valence-corrected chi connectivity index (χ3v) is 2.67. The molecule has 0 aliphatic carbocycles. The van der Waals surface area contributed by atoms with Crippen molar-refractivity contribution in [2.45, 2.75) is 6.92 Å². The predicted octanol–water partition coefficient (Wildman–Crippen LogP) is 2.10. The lowest BCUT2D eigenvalue weighted by Crippen LogP contribution is -2.07. The van der Waals surface area contributed by atoms with Gasteiger partial charge in [0.15, 0.2) is 0 Å². The molecule has 0 unspecified atom stereocenters. The van der Waals surface area contributed by atoms with Crippen LogP contribution in [0.15, 0.2) is 59.6 Å². The van der Waals surface area contributed by atoms with Crippen molar-refractivity contribution in [2.24, 2.45) is 17.9 Å². The first-order valence-electron chi connectivity index (χ1n) is 5.97. The number of nitrogens with zero attached hydrogens (tertiary/aromatic N) is 3. The average molecular weight is 255 g/mol. The minimum atomic E-state index is 0.777. The fourth-order valence-electron chi connectivity index (χ4n) is 1.64. The monoisotopic (exact) mass is 255 g/mol. The van der Waals surface area contributed by atoms with Gasteiger partial charge in [-0.05, 0) is 30.8 Å². The Balaban J connectivity index is 2.28. The molecule has 1 heterocycles. The predicted molar refractivity (Wildman–Crippen MR) is 77.8 cm³/mol. The van der Waals surface area contributed by atoms with Crippen molar-refractivity contribution in [3.63, 3.8) is 0 Å². The molecule has 0 fully saturated rings. The van der Waals surface area contributed by atoms with E-state index in [4.69, 9.17) is 5.73 Å². The Morgan fingerprint density at radius 1 is 1.37 bits per heavy atom. The quantitative estimate of drug-likeness (QED) is 0.649. The topological polar surface area (TPSA) is 68.2 Å². The summed E-state index contributed by atoms with van der Waals surface area (Å²) in [4.78, 5) is 0. The molecule has 5 heteroatoms. The second kappa shape index (κ2) is 5.86. The number of hydrogen-bond acceptors (Lipinski definition) is 4. The van der Waals surface area contributed by atoms with Crippen molar-refractivity contribution in [2.75, 3.05) is 5.43 Å². The normalized spacial score (nSPS) is 12.5. The maximum Gasteiger partial charge on any atom is 0.0980 e. The minimum absolute atomic E-state index is 0.777. The van der Waals surface area contributed by atoms with E-state index < -0.39 is 0 Å². The van der Waals surface area contributed by atoms with Crippen LogP contribution in [0, 0.1) is 0 Å². The van der Waals surface area contributed by atoms with Crippen LogP contribution in [0.5, 0.6) is 0 Å². The first-order valence-corrected chi connectivity index (χ1v) is 5.97. The number of para-hydroxylation sites is 1. The largest absolute Gasteiger partial charge is 0.404 e. The Kier molecular flexibility index (Phi) is 3.97. The van der Waals surface area contributed by atoms with Crippen LogP contribution in [0.2, 0.25) is 0 Å². The highest BCUT2D eigenvalue weighted by Crippen LogP contribution is 2.10. The summed E-state index contributed by atoms with van der Waals surface area (Å²) in [5, 5.41) is 8.56. The van der Waals surface area contributed by atoms with Gasteiger partial charge in [-0.1, -0.05) is 18.2 Å². The highest BCUT2D eigenvalue weighted by atomic mass is 15.3. The van der Waals surface area contributed by atoms with Crippen molar-refractivity contribution in [1.29, 1.82) is 0 Å². The van der Waals surface area contributed by atoms with Crippen molar-refractivity contribution in [1.82, 2.24) is 9.78 Å². The van der Waals surface area contributed by atoms with E-state index in [2.05, 4.69) is 15.6 Å². The van der Waals surface area contributed by atoms with E-state index in [0.29, 0.717) is 0 Å². The first kappa shape index (κ1) is 12.9. The van der Waals surface area contributed by atoms with Crippen molar-refractivity contribution in [3.8, 4) is 0 Å². The van der Waals surface area contributed by atoms with E-state index in [1.165, 1.54) is 0 Å². The molecule has 0 aliphatic heterocycles. The summed E-state index contributed by atoms with van der Waals surface area (Å²) >= 11 is 0. The molecule has 1 aromatic heterocycles. The Morgan fingerprint density at radius 2 is 2.11 bits per heavy atom. The summed E-state index contributed by atoms with van der Waals surface area (Å²) in [5.74, 6) is 0. The lowest BCUT2D eigenvalue weighted by Gasteiger charge is -2.05. The number of hydrogen-bond donors (Lipinski definition) is 2. The van der Waals surface area contributed by atoms with Gasteiger partial charge in [0, 0.05) is 18.8 Å². The van der Waals surface area contributed by atoms with Crippen LogP contribution in [-0.4, -0.2) is 15.5 Å². The van der Waals surface area contributed by atoms with Crippen molar-refractivity contribution < 1.29 is 0 Å². The number of anilines is 1. The third-order valence-electron chi connectivity index (χ3n) is 2.67. The molecule has 0 amide bonds. The smallest absolute Gasteiger partial charge is 0.0980 e. The van der Waals surface area contributed by atoms with Crippen LogP contribution in [0.3, 0.4) is 0 Å². The molecule has 1 aromatic carbocycles. The molecule has 0 aliphatic rings. The van der Waals surface area contributed by atoms with E-state index in [1.807, 2.05) is 50.5 Å². The van der Waals surface area contributed by atoms with Crippen LogP contribution in [-0.2, 0) is 7.05 Å². The zero-order valence-corrected chi connectivity index (χ0v) is 11.0. The average Bonchev–Trinajstić information content (AvgIpc) is 2.86. The highest BCUT2D eigenvalue weighted by Gasteiger charge is 2.08. The van der Waals surface area contributed by atoms with Gasteiger partial charge in [0.25, 0.3) is 0 Å². The Morgan fingerprint density at radius 3 is 2.68 bits per heavy atom. The lowest BCUT2D eigenvalue weighted by atomic mass is 10.1. The zero-order valence-electron chi connectivity index (χ0n) is 11.0. The van der Waals surface area contributed by atoms with Gasteiger partial charge in [-0.25, -0.2) is 0 Å². The second-order valence-corrected chi connectivity index (χ2v) is 4.19. The molecule has 5 nitrogen and oxygen atoms in total. The molecular weight excluding hydrogens is 238 g/mol. The van der Waals surface area contributed by atoms with Crippen LogP contribution >= 0.6 is 0 Å². The Bertz CT molecular complexity index is 595. The summed E-state index contributed by atoms with van der Waals surface area (Å²) in [6, 6.07) is 9.76. The highest BCUT2D eigenvalue weighted by molar-refractivity contribution is 6.12. The number of nitrogens with two attached hydrogens (primary N) is 1. The number of rotatable bonds is 4. The number of allylic oxidation sites excluding steroid dienone is 1. The van der Waals surface area contributed by atoms with Gasteiger partial charge < -0.3 is 5.73 Å². The van der Waals surface area contributed by atoms with Gasteiger partial charge in [-0.3, -0.25) is 10.1 Å². The lowest BCUT2D eigenvalue weighted by molar-refractivity contribution is 0.767. The van der Waals surface area contributed by atoms with Gasteiger partial charge in [-0.15, -0.1) is 0 Å². The first-order chi connectivity index (χ1) is 9.20. The number of nitrogens with one attached hydrogen (secondary N) is 1. The third kappa shape index (κ3) is 3.22. The Hall–Kier alpha value is -2.56. The van der Waals surface area contributed by atoms with E-state index in [-0.39, 0.29) is 0 Å². The maximum atomic E-state index is 5.59. The fraction of sp³-hybridized carbons (Fsp3) is 0.143. The van der Waals surface area contributed by atoms with E-state index >= 15 is 0 Å². The van der Waals surface area contributed by atoms with E-state index in [9.17, 15) is 0 Å². The van der Waals surface area contributed by atoms with Gasteiger partial charge in [0.2, 0.25) is 0 Å². The summed E-state index contributed by atoms with van der Waals surface area (Å²) in [7, 11) is 1.87. The molecule has 0 atom stereocenters. The van der Waals surface area contributed by atoms with Gasteiger partial charge in [-0.2, -0.15) is 10.2 Å². The van der Waals surface area contributed by atoms with Crippen LogP contribution in [0.4, 0.5) is 5.69 Å². The summed E-state index contributed by atoms with van der Waals surface area (Å²) in [6.07, 6.45) is 5.20. The van der Waals surface area contributed by atoms with Crippen LogP contribution in [0.1, 0.15) is 12.5 Å². The summed E-state index contributed by atoms with van der Waals surface area (Å²) in [5.41, 5.74) is 12.1. The molecule has 3 N–H and O–H groups in total. The molecule has 2 aromatic rings. The standard InChI is InChI=1S/C14H17N5/c1-11(8-15)14(12-9-16-19(2)10-12)18-17-13-6-4-3-5-7-13/h3-10,17H,15H2,1-2H3/b11-8+,18-14+. The van der Waals surface area contributed by atoms with Crippen LogP contribution < -0.4 is 11.2 Å². The SMILES string of the molecule is CC(=C\N)/C(=N\Nc1ccccc1)c1cnn(C)c1.